The van der Waals surface area contributed by atoms with Gasteiger partial charge in [0.2, 0.25) is 0 Å². The van der Waals surface area contributed by atoms with E-state index in [1.807, 2.05) is 6.92 Å². The average Bonchev–Trinajstić information content (AvgIpc) is 2.19. The van der Waals surface area contributed by atoms with Crippen molar-refractivity contribution in [3.05, 3.63) is 29.8 Å². The fourth-order valence-electron chi connectivity index (χ4n) is 1.31. The van der Waals surface area contributed by atoms with Gasteiger partial charge in [-0.3, -0.25) is 4.98 Å². The average molecular weight is 198 g/mol. The Balaban J connectivity index is 2.94. The van der Waals surface area contributed by atoms with E-state index in [1.54, 1.807) is 13.1 Å². The maximum absolute atomic E-state index is 12.6. The van der Waals surface area contributed by atoms with Crippen LogP contribution in [0.3, 0.4) is 0 Å². The normalized spacial score (nSPS) is 15.1. The van der Waals surface area contributed by atoms with Crippen molar-refractivity contribution >= 4 is 0 Å². The molecule has 1 aromatic heterocycles. The smallest absolute Gasteiger partial charge is 0.141 e. The summed E-state index contributed by atoms with van der Waals surface area (Å²) >= 11 is 0. The van der Waals surface area contributed by atoms with E-state index in [0.717, 1.165) is 5.69 Å². The summed E-state index contributed by atoms with van der Waals surface area (Å²) in [6.45, 7) is 1.99. The molecule has 0 fully saturated rings. The molecule has 4 heteroatoms. The maximum atomic E-state index is 12.6. The van der Waals surface area contributed by atoms with Crippen LogP contribution in [0.1, 0.15) is 19.0 Å². The summed E-state index contributed by atoms with van der Waals surface area (Å²) in [4.78, 5) is 3.99. The molecule has 1 rings (SSSR count). The Kier molecular flexibility index (Phi) is 3.55. The highest BCUT2D eigenvalue weighted by molar-refractivity contribution is 5.15. The molecule has 78 valence electrons. The summed E-state index contributed by atoms with van der Waals surface area (Å²) in [7, 11) is 1.79. The van der Waals surface area contributed by atoms with Gasteiger partial charge >= 0.3 is 0 Å². The molecule has 0 saturated heterocycles. The van der Waals surface area contributed by atoms with Crippen molar-refractivity contribution < 1.29 is 9.50 Å². The fraction of sp³-hybridized carbons (Fsp3) is 0.500. The molecular weight excluding hydrogens is 183 g/mol. The lowest BCUT2D eigenvalue weighted by Crippen LogP contribution is -2.38. The van der Waals surface area contributed by atoms with Gasteiger partial charge in [-0.1, -0.05) is 0 Å². The van der Waals surface area contributed by atoms with E-state index in [9.17, 15) is 4.39 Å². The van der Waals surface area contributed by atoms with Crippen LogP contribution in [0.4, 0.5) is 4.39 Å². The summed E-state index contributed by atoms with van der Waals surface area (Å²) in [6.07, 6.45) is 1.73. The van der Waals surface area contributed by atoms with Gasteiger partial charge in [0.1, 0.15) is 5.82 Å². The summed E-state index contributed by atoms with van der Waals surface area (Å²) in [5, 5.41) is 12.0. The largest absolute Gasteiger partial charge is 0.396 e. The van der Waals surface area contributed by atoms with Crippen LogP contribution in [0.5, 0.6) is 0 Å². The first-order valence-electron chi connectivity index (χ1n) is 4.54. The number of aliphatic hydroxyl groups is 1. The molecule has 0 amide bonds. The number of hydrogen-bond acceptors (Lipinski definition) is 3. The summed E-state index contributed by atoms with van der Waals surface area (Å²) in [5.41, 5.74) is 0.332. The second-order valence-corrected chi connectivity index (χ2v) is 3.42. The quantitative estimate of drug-likeness (QED) is 0.759. The first-order chi connectivity index (χ1) is 6.62. The van der Waals surface area contributed by atoms with Gasteiger partial charge in [-0.05, 0) is 32.5 Å². The number of halogens is 1. The third-order valence-corrected chi connectivity index (χ3v) is 2.46. The van der Waals surface area contributed by atoms with Crippen LogP contribution in [0, 0.1) is 5.82 Å². The summed E-state index contributed by atoms with van der Waals surface area (Å²) < 4.78 is 12.6. The van der Waals surface area contributed by atoms with Crippen molar-refractivity contribution in [2.75, 3.05) is 13.7 Å². The van der Waals surface area contributed by atoms with E-state index < -0.39 is 5.54 Å². The van der Waals surface area contributed by atoms with Crippen molar-refractivity contribution in [2.45, 2.75) is 18.9 Å². The number of pyridine rings is 1. The third kappa shape index (κ3) is 2.27. The van der Waals surface area contributed by atoms with Crippen molar-refractivity contribution in [3.8, 4) is 0 Å². The van der Waals surface area contributed by atoms with Crippen molar-refractivity contribution in [2.24, 2.45) is 0 Å². The van der Waals surface area contributed by atoms with E-state index in [2.05, 4.69) is 10.3 Å². The number of aromatic nitrogens is 1. The maximum Gasteiger partial charge on any atom is 0.141 e. The molecule has 0 aliphatic heterocycles. The molecule has 3 nitrogen and oxygen atoms in total. The van der Waals surface area contributed by atoms with Crippen LogP contribution in [0.2, 0.25) is 0 Å². The highest BCUT2D eigenvalue weighted by atomic mass is 19.1. The molecule has 2 N–H and O–H groups in total. The number of aliphatic hydroxyl groups excluding tert-OH is 1. The highest BCUT2D eigenvalue weighted by Crippen LogP contribution is 2.21. The lowest BCUT2D eigenvalue weighted by molar-refractivity contribution is 0.225. The van der Waals surface area contributed by atoms with Gasteiger partial charge in [0, 0.05) is 6.61 Å². The van der Waals surface area contributed by atoms with Crippen LogP contribution in [-0.4, -0.2) is 23.7 Å². The number of hydrogen-bond donors (Lipinski definition) is 2. The second-order valence-electron chi connectivity index (χ2n) is 3.42. The molecule has 1 aromatic rings. The molecule has 0 bridgehead atoms. The van der Waals surface area contributed by atoms with E-state index in [-0.39, 0.29) is 12.4 Å². The lowest BCUT2D eigenvalue weighted by Gasteiger charge is -2.27. The van der Waals surface area contributed by atoms with E-state index in [1.165, 1.54) is 12.3 Å². The zero-order valence-corrected chi connectivity index (χ0v) is 8.42. The van der Waals surface area contributed by atoms with Crippen molar-refractivity contribution in [1.29, 1.82) is 0 Å². The van der Waals surface area contributed by atoms with Gasteiger partial charge in [-0.15, -0.1) is 0 Å². The van der Waals surface area contributed by atoms with Gasteiger partial charge in [0.15, 0.2) is 0 Å². The van der Waals surface area contributed by atoms with Crippen LogP contribution in [0.25, 0.3) is 0 Å². The van der Waals surface area contributed by atoms with Gasteiger partial charge in [0.25, 0.3) is 0 Å². The van der Waals surface area contributed by atoms with E-state index in [4.69, 9.17) is 5.11 Å². The Bertz CT molecular complexity index is 289. The first kappa shape index (κ1) is 11.1. The summed E-state index contributed by atoms with van der Waals surface area (Å²) in [6, 6.07) is 3.00. The van der Waals surface area contributed by atoms with Gasteiger partial charge < -0.3 is 10.4 Å². The van der Waals surface area contributed by atoms with Crippen LogP contribution in [0.15, 0.2) is 18.3 Å². The Morgan fingerprint density at radius 3 is 2.71 bits per heavy atom. The Labute approximate surface area is 83.0 Å². The minimum absolute atomic E-state index is 0.0659. The SMILES string of the molecule is CNC(C)(CCO)c1ccc(F)cn1. The molecule has 0 aliphatic rings. The molecule has 14 heavy (non-hydrogen) atoms. The molecule has 1 heterocycles. The Morgan fingerprint density at radius 2 is 2.29 bits per heavy atom. The van der Waals surface area contributed by atoms with Gasteiger partial charge in [0.05, 0.1) is 17.4 Å². The van der Waals surface area contributed by atoms with Crippen LogP contribution >= 0.6 is 0 Å². The number of nitrogens with zero attached hydrogens (tertiary/aromatic N) is 1. The first-order valence-corrected chi connectivity index (χ1v) is 4.54. The molecule has 1 atom stereocenters. The van der Waals surface area contributed by atoms with E-state index in [0.29, 0.717) is 6.42 Å². The van der Waals surface area contributed by atoms with E-state index >= 15 is 0 Å². The van der Waals surface area contributed by atoms with Crippen LogP contribution < -0.4 is 5.32 Å². The molecular formula is C10H15FN2O. The minimum Gasteiger partial charge on any atom is -0.396 e. The highest BCUT2D eigenvalue weighted by Gasteiger charge is 2.25. The fourth-order valence-corrected chi connectivity index (χ4v) is 1.31. The number of nitrogens with one attached hydrogen (secondary N) is 1. The molecule has 1 unspecified atom stereocenters. The molecule has 0 spiro atoms. The van der Waals surface area contributed by atoms with Gasteiger partial charge in [-0.2, -0.15) is 0 Å². The van der Waals surface area contributed by atoms with Crippen molar-refractivity contribution in [1.82, 2.24) is 10.3 Å². The van der Waals surface area contributed by atoms with Gasteiger partial charge in [-0.25, -0.2) is 4.39 Å². The zero-order valence-electron chi connectivity index (χ0n) is 8.42. The molecule has 0 aliphatic carbocycles. The minimum atomic E-state index is -0.400. The molecule has 0 saturated carbocycles. The molecule has 0 radical (unpaired) electrons. The number of rotatable bonds is 4. The Hall–Kier alpha value is -1.00. The Morgan fingerprint density at radius 1 is 1.57 bits per heavy atom. The second kappa shape index (κ2) is 4.48. The standard InChI is InChI=1S/C10H15FN2O/c1-10(12-2,5-6-14)9-4-3-8(11)7-13-9/h3-4,7,12,14H,5-6H2,1-2H3. The van der Waals surface area contributed by atoms with Crippen LogP contribution in [-0.2, 0) is 5.54 Å². The zero-order chi connectivity index (χ0) is 10.6. The van der Waals surface area contributed by atoms with Crippen molar-refractivity contribution in [3.63, 3.8) is 0 Å². The lowest BCUT2D eigenvalue weighted by atomic mass is 9.93. The predicted octanol–water partition coefficient (Wildman–Crippen LogP) is 1.04. The molecule has 0 aromatic carbocycles. The third-order valence-electron chi connectivity index (χ3n) is 2.46. The summed E-state index contributed by atoms with van der Waals surface area (Å²) in [5.74, 6) is -0.351. The topological polar surface area (TPSA) is 45.1 Å². The monoisotopic (exact) mass is 198 g/mol. The predicted molar refractivity (Wildman–Crippen MR) is 52.3 cm³/mol.